The lowest BCUT2D eigenvalue weighted by Gasteiger charge is -2.30. The van der Waals surface area contributed by atoms with Gasteiger partial charge in [0.25, 0.3) is 0 Å². The molecule has 0 radical (unpaired) electrons. The van der Waals surface area contributed by atoms with Crippen LogP contribution >= 0.6 is 11.6 Å². The number of carbonyl (C=O) groups excluding carboxylic acids is 2. The highest BCUT2D eigenvalue weighted by Gasteiger charge is 2.35. The number of primary amides is 1. The van der Waals surface area contributed by atoms with E-state index in [9.17, 15) is 18.0 Å². The second-order valence-electron chi connectivity index (χ2n) is 8.53. The topological polar surface area (TPSA) is 113 Å². The van der Waals surface area contributed by atoms with Crippen LogP contribution in [0.2, 0.25) is 5.02 Å². The molecule has 0 aliphatic carbocycles. The summed E-state index contributed by atoms with van der Waals surface area (Å²) < 4.78 is 28.1. The van der Waals surface area contributed by atoms with Crippen molar-refractivity contribution in [3.8, 4) is 0 Å². The molecule has 0 aliphatic rings. The number of benzene rings is 2. The zero-order valence-corrected chi connectivity index (χ0v) is 20.9. The molecule has 0 aromatic heterocycles. The number of likely N-dealkylation sites (N-methyl/N-ethyl adjacent to an activating group) is 1. The second kappa shape index (κ2) is 11.6. The average molecular weight is 495 g/mol. The van der Waals surface area contributed by atoms with Crippen molar-refractivity contribution in [1.82, 2.24) is 9.21 Å². The van der Waals surface area contributed by atoms with E-state index in [1.54, 1.807) is 43.3 Å². The molecule has 0 saturated heterocycles. The summed E-state index contributed by atoms with van der Waals surface area (Å²) in [6, 6.07) is 11.6. The fourth-order valence-electron chi connectivity index (χ4n) is 3.29. The van der Waals surface area contributed by atoms with Gasteiger partial charge in [-0.1, -0.05) is 37.6 Å². The van der Waals surface area contributed by atoms with Gasteiger partial charge in [-0.05, 0) is 68.4 Å². The highest BCUT2D eigenvalue weighted by Crippen LogP contribution is 2.26. The first-order valence-electron chi connectivity index (χ1n) is 10.5. The first-order valence-corrected chi connectivity index (χ1v) is 12.3. The standard InChI is InChI=1S/C23H31ClN4O4S/c1-16(2)13-21(23(25)30)28(33(31,32)20-11-7-18(24)8-12-20)14-17-5-9-19(10-6-17)26-22(29)15-27(3)4/h5-12,16,21H,13-15H2,1-4H3,(H2,25,30)(H,26,29)/t21-/m1/s1. The van der Waals surface area contributed by atoms with Crippen molar-refractivity contribution in [2.45, 2.75) is 37.8 Å². The molecule has 0 saturated carbocycles. The smallest absolute Gasteiger partial charge is 0.244 e. The molecule has 0 aliphatic heterocycles. The van der Waals surface area contributed by atoms with E-state index in [1.807, 2.05) is 13.8 Å². The van der Waals surface area contributed by atoms with Gasteiger partial charge in [-0.3, -0.25) is 9.59 Å². The number of hydrogen-bond donors (Lipinski definition) is 2. The van der Waals surface area contributed by atoms with Gasteiger partial charge in [-0.25, -0.2) is 8.42 Å². The molecule has 2 amide bonds. The average Bonchev–Trinajstić information content (AvgIpc) is 2.71. The Labute approximate surface area is 200 Å². The van der Waals surface area contributed by atoms with Gasteiger partial charge < -0.3 is 16.0 Å². The van der Waals surface area contributed by atoms with Crippen LogP contribution in [0.3, 0.4) is 0 Å². The summed E-state index contributed by atoms with van der Waals surface area (Å²) in [5, 5.41) is 3.19. The molecule has 0 unspecified atom stereocenters. The molecule has 8 nitrogen and oxygen atoms in total. The molecule has 1 atom stereocenters. The minimum absolute atomic E-state index is 0.0227. The number of carbonyl (C=O) groups is 2. The number of amides is 2. The van der Waals surface area contributed by atoms with Gasteiger partial charge >= 0.3 is 0 Å². The number of sulfonamides is 1. The monoisotopic (exact) mass is 494 g/mol. The predicted molar refractivity (Wildman–Crippen MR) is 130 cm³/mol. The van der Waals surface area contributed by atoms with Crippen molar-refractivity contribution >= 4 is 39.1 Å². The van der Waals surface area contributed by atoms with Crippen molar-refractivity contribution < 1.29 is 18.0 Å². The van der Waals surface area contributed by atoms with E-state index in [2.05, 4.69) is 5.32 Å². The van der Waals surface area contributed by atoms with Gasteiger partial charge in [0.15, 0.2) is 0 Å². The van der Waals surface area contributed by atoms with Crippen molar-refractivity contribution in [1.29, 1.82) is 0 Å². The Balaban J connectivity index is 2.37. The highest BCUT2D eigenvalue weighted by atomic mass is 35.5. The van der Waals surface area contributed by atoms with Crippen LogP contribution in [0.4, 0.5) is 5.69 Å². The summed E-state index contributed by atoms with van der Waals surface area (Å²) in [5.41, 5.74) is 6.88. The van der Waals surface area contributed by atoms with Crippen molar-refractivity contribution in [3.05, 3.63) is 59.1 Å². The Kier molecular flexibility index (Phi) is 9.42. The number of nitrogens with one attached hydrogen (secondary N) is 1. The van der Waals surface area contributed by atoms with Gasteiger partial charge in [-0.15, -0.1) is 0 Å². The molecule has 10 heteroatoms. The fourth-order valence-corrected chi connectivity index (χ4v) is 5.01. The number of rotatable bonds is 11. The number of nitrogens with two attached hydrogens (primary N) is 1. The van der Waals surface area contributed by atoms with E-state index >= 15 is 0 Å². The van der Waals surface area contributed by atoms with Crippen molar-refractivity contribution in [3.63, 3.8) is 0 Å². The Morgan fingerprint density at radius 1 is 1.03 bits per heavy atom. The molecule has 180 valence electrons. The molecule has 2 rings (SSSR count). The number of nitrogens with zero attached hydrogens (tertiary/aromatic N) is 2. The van der Waals surface area contributed by atoms with E-state index in [4.69, 9.17) is 17.3 Å². The predicted octanol–water partition coefficient (Wildman–Crippen LogP) is 2.93. The van der Waals surface area contributed by atoms with E-state index in [0.29, 0.717) is 16.3 Å². The molecule has 0 bridgehead atoms. The van der Waals surface area contributed by atoms with Gasteiger partial charge in [0, 0.05) is 17.3 Å². The van der Waals surface area contributed by atoms with Gasteiger partial charge in [0.05, 0.1) is 11.4 Å². The SMILES string of the molecule is CC(C)C[C@H](C(N)=O)N(Cc1ccc(NC(=O)CN(C)C)cc1)S(=O)(=O)c1ccc(Cl)cc1. The maximum absolute atomic E-state index is 13.5. The number of hydrogen-bond acceptors (Lipinski definition) is 5. The zero-order chi connectivity index (χ0) is 24.8. The fraction of sp³-hybridized carbons (Fsp3) is 0.391. The van der Waals surface area contributed by atoms with E-state index in [0.717, 1.165) is 4.31 Å². The van der Waals surface area contributed by atoms with Crippen LogP contribution in [0, 0.1) is 5.92 Å². The van der Waals surface area contributed by atoms with Crippen LogP contribution < -0.4 is 11.1 Å². The third-order valence-corrected chi connectivity index (χ3v) is 6.95. The highest BCUT2D eigenvalue weighted by molar-refractivity contribution is 7.89. The lowest BCUT2D eigenvalue weighted by Crippen LogP contribution is -2.48. The van der Waals surface area contributed by atoms with E-state index in [-0.39, 0.29) is 36.2 Å². The van der Waals surface area contributed by atoms with Crippen molar-refractivity contribution in [2.75, 3.05) is 26.0 Å². The van der Waals surface area contributed by atoms with Crippen LogP contribution in [0.1, 0.15) is 25.8 Å². The summed E-state index contributed by atoms with van der Waals surface area (Å²) in [6.07, 6.45) is 0.279. The molecular weight excluding hydrogens is 464 g/mol. The molecule has 2 aromatic carbocycles. The Bertz CT molecular complexity index is 1050. The zero-order valence-electron chi connectivity index (χ0n) is 19.3. The Morgan fingerprint density at radius 3 is 2.09 bits per heavy atom. The quantitative estimate of drug-likeness (QED) is 0.498. The van der Waals surface area contributed by atoms with Gasteiger partial charge in [0.2, 0.25) is 21.8 Å². The first-order chi connectivity index (χ1) is 15.4. The van der Waals surface area contributed by atoms with Gasteiger partial charge in [-0.2, -0.15) is 4.31 Å². The van der Waals surface area contributed by atoms with E-state index < -0.39 is 22.0 Å². The number of anilines is 1. The molecule has 0 heterocycles. The van der Waals surface area contributed by atoms with Crippen LogP contribution in [-0.4, -0.2) is 56.1 Å². The largest absolute Gasteiger partial charge is 0.368 e. The summed E-state index contributed by atoms with van der Waals surface area (Å²) >= 11 is 5.92. The molecule has 2 aromatic rings. The third kappa shape index (κ3) is 7.82. The summed E-state index contributed by atoms with van der Waals surface area (Å²) in [6.45, 7) is 3.98. The second-order valence-corrected chi connectivity index (χ2v) is 10.9. The van der Waals surface area contributed by atoms with Crippen LogP contribution in [-0.2, 0) is 26.2 Å². The third-order valence-electron chi connectivity index (χ3n) is 4.83. The molecular formula is C23H31ClN4O4S. The molecule has 33 heavy (non-hydrogen) atoms. The maximum atomic E-state index is 13.5. The normalized spacial score (nSPS) is 12.8. The van der Waals surface area contributed by atoms with Crippen molar-refractivity contribution in [2.24, 2.45) is 11.7 Å². The summed E-state index contributed by atoms with van der Waals surface area (Å²) in [4.78, 5) is 26.0. The maximum Gasteiger partial charge on any atom is 0.244 e. The first kappa shape index (κ1) is 26.8. The Hall–Kier alpha value is -2.46. The summed E-state index contributed by atoms with van der Waals surface area (Å²) in [7, 11) is -0.457. The minimum Gasteiger partial charge on any atom is -0.368 e. The summed E-state index contributed by atoms with van der Waals surface area (Å²) in [5.74, 6) is -0.834. The van der Waals surface area contributed by atoms with Gasteiger partial charge in [0.1, 0.15) is 6.04 Å². The lowest BCUT2D eigenvalue weighted by atomic mass is 10.0. The van der Waals surface area contributed by atoms with Crippen LogP contribution in [0.15, 0.2) is 53.4 Å². The molecule has 3 N–H and O–H groups in total. The van der Waals surface area contributed by atoms with E-state index in [1.165, 1.54) is 24.3 Å². The number of halogens is 1. The lowest BCUT2D eigenvalue weighted by molar-refractivity contribution is -0.122. The minimum atomic E-state index is -4.05. The Morgan fingerprint density at radius 2 is 1.61 bits per heavy atom. The van der Waals surface area contributed by atoms with Crippen LogP contribution in [0.25, 0.3) is 0 Å². The molecule has 0 fully saturated rings. The molecule has 0 spiro atoms. The van der Waals surface area contributed by atoms with Crippen LogP contribution in [0.5, 0.6) is 0 Å².